The second-order valence-corrected chi connectivity index (χ2v) is 7.98. The fourth-order valence-corrected chi connectivity index (χ4v) is 2.76. The van der Waals surface area contributed by atoms with Crippen LogP contribution in [-0.2, 0) is 9.53 Å². The maximum absolute atomic E-state index is 12.5. The van der Waals surface area contributed by atoms with Gasteiger partial charge in [0.1, 0.15) is 5.60 Å². The molecule has 0 aromatic carbocycles. The summed E-state index contributed by atoms with van der Waals surface area (Å²) >= 11 is 0. The van der Waals surface area contributed by atoms with Crippen molar-refractivity contribution in [2.45, 2.75) is 78.6 Å². The summed E-state index contributed by atoms with van der Waals surface area (Å²) in [6.45, 7) is 14.5. The number of carbonyl (C=O) groups is 2. The molecule has 2 N–H and O–H groups in total. The highest BCUT2D eigenvalue weighted by Gasteiger charge is 2.37. The van der Waals surface area contributed by atoms with Gasteiger partial charge in [-0.3, -0.25) is 4.79 Å². The standard InChI is InChI=1S/C17H33N3O3/c1-11(2)14(18)15(21)19-9-8-13(10-19)20(12(3)4)16(22)23-17(5,6)7/h11-14H,8-10,18H2,1-7H3/t13?,14-/m0/s1. The van der Waals surface area contributed by atoms with E-state index in [1.165, 1.54) is 0 Å². The Labute approximate surface area is 140 Å². The van der Waals surface area contributed by atoms with Gasteiger partial charge in [-0.15, -0.1) is 0 Å². The molecular formula is C17H33N3O3. The summed E-state index contributed by atoms with van der Waals surface area (Å²) in [6.07, 6.45) is 0.438. The summed E-state index contributed by atoms with van der Waals surface area (Å²) in [5.74, 6) is 0.0732. The number of ether oxygens (including phenoxy) is 1. The third kappa shape index (κ3) is 5.37. The van der Waals surface area contributed by atoms with Crippen molar-refractivity contribution in [3.8, 4) is 0 Å². The van der Waals surface area contributed by atoms with E-state index in [0.717, 1.165) is 6.42 Å². The van der Waals surface area contributed by atoms with Gasteiger partial charge in [0.2, 0.25) is 5.91 Å². The molecule has 0 radical (unpaired) electrons. The monoisotopic (exact) mass is 327 g/mol. The second-order valence-electron chi connectivity index (χ2n) is 7.98. The molecule has 2 atom stereocenters. The first kappa shape index (κ1) is 19.7. The van der Waals surface area contributed by atoms with E-state index >= 15 is 0 Å². The minimum atomic E-state index is -0.529. The van der Waals surface area contributed by atoms with Crippen molar-refractivity contribution >= 4 is 12.0 Å². The lowest BCUT2D eigenvalue weighted by Gasteiger charge is -2.34. The van der Waals surface area contributed by atoms with Crippen LogP contribution >= 0.6 is 0 Å². The number of likely N-dealkylation sites (tertiary alicyclic amines) is 1. The molecule has 0 saturated carbocycles. The SMILES string of the molecule is CC(C)[C@H](N)C(=O)N1CCC(N(C(=O)OC(C)(C)C)C(C)C)C1. The number of nitrogens with two attached hydrogens (primary N) is 1. The van der Waals surface area contributed by atoms with Crippen LogP contribution < -0.4 is 5.73 Å². The van der Waals surface area contributed by atoms with Gasteiger partial charge in [-0.2, -0.15) is 0 Å². The van der Waals surface area contributed by atoms with Gasteiger partial charge in [-0.25, -0.2) is 4.79 Å². The predicted molar refractivity (Wildman–Crippen MR) is 91.0 cm³/mol. The summed E-state index contributed by atoms with van der Waals surface area (Å²) in [7, 11) is 0. The van der Waals surface area contributed by atoms with Crippen LogP contribution in [0.15, 0.2) is 0 Å². The van der Waals surface area contributed by atoms with Crippen molar-refractivity contribution < 1.29 is 14.3 Å². The smallest absolute Gasteiger partial charge is 0.410 e. The topological polar surface area (TPSA) is 75.9 Å². The maximum Gasteiger partial charge on any atom is 0.410 e. The zero-order valence-electron chi connectivity index (χ0n) is 15.6. The lowest BCUT2D eigenvalue weighted by molar-refractivity contribution is -0.132. The highest BCUT2D eigenvalue weighted by atomic mass is 16.6. The van der Waals surface area contributed by atoms with Crippen LogP contribution in [0.2, 0.25) is 0 Å². The van der Waals surface area contributed by atoms with Crippen molar-refractivity contribution in [2.24, 2.45) is 11.7 Å². The van der Waals surface area contributed by atoms with E-state index in [-0.39, 0.29) is 30.0 Å². The van der Waals surface area contributed by atoms with Gasteiger partial charge in [-0.05, 0) is 47.0 Å². The Kier molecular flexibility index (Phi) is 6.45. The lowest BCUT2D eigenvalue weighted by Crippen LogP contribution is -2.50. The molecule has 1 saturated heterocycles. The van der Waals surface area contributed by atoms with E-state index in [1.807, 2.05) is 48.5 Å². The number of nitrogens with zero attached hydrogens (tertiary/aromatic N) is 2. The lowest BCUT2D eigenvalue weighted by atomic mass is 10.0. The van der Waals surface area contributed by atoms with Crippen LogP contribution in [0.5, 0.6) is 0 Å². The third-order valence-electron chi connectivity index (χ3n) is 4.03. The molecule has 6 heteroatoms. The van der Waals surface area contributed by atoms with Crippen molar-refractivity contribution in [3.05, 3.63) is 0 Å². The van der Waals surface area contributed by atoms with E-state index in [2.05, 4.69) is 0 Å². The summed E-state index contributed by atoms with van der Waals surface area (Å²) in [4.78, 5) is 28.4. The Hall–Kier alpha value is -1.30. The number of rotatable bonds is 4. The summed E-state index contributed by atoms with van der Waals surface area (Å²) in [5, 5.41) is 0. The minimum Gasteiger partial charge on any atom is -0.444 e. The van der Waals surface area contributed by atoms with E-state index in [0.29, 0.717) is 13.1 Å². The van der Waals surface area contributed by atoms with Crippen LogP contribution in [0.1, 0.15) is 54.9 Å². The molecule has 23 heavy (non-hydrogen) atoms. The summed E-state index contributed by atoms with van der Waals surface area (Å²) < 4.78 is 5.51. The van der Waals surface area contributed by atoms with E-state index in [9.17, 15) is 9.59 Å². The van der Waals surface area contributed by atoms with Crippen molar-refractivity contribution in [1.82, 2.24) is 9.80 Å². The van der Waals surface area contributed by atoms with Gasteiger partial charge in [0, 0.05) is 19.1 Å². The average molecular weight is 327 g/mol. The highest BCUT2D eigenvalue weighted by molar-refractivity contribution is 5.82. The molecule has 1 heterocycles. The summed E-state index contributed by atoms with van der Waals surface area (Å²) in [5.41, 5.74) is 5.44. The molecule has 1 unspecified atom stereocenters. The maximum atomic E-state index is 12.5. The van der Waals surface area contributed by atoms with Crippen molar-refractivity contribution in [1.29, 1.82) is 0 Å². The Balaban J connectivity index is 2.77. The molecule has 1 aliphatic heterocycles. The van der Waals surface area contributed by atoms with Gasteiger partial charge >= 0.3 is 6.09 Å². The van der Waals surface area contributed by atoms with Crippen LogP contribution in [0, 0.1) is 5.92 Å². The molecule has 2 amide bonds. The molecule has 0 spiro atoms. The number of amides is 2. The van der Waals surface area contributed by atoms with Crippen molar-refractivity contribution in [3.63, 3.8) is 0 Å². The van der Waals surface area contributed by atoms with Crippen LogP contribution in [0.25, 0.3) is 0 Å². The van der Waals surface area contributed by atoms with E-state index in [4.69, 9.17) is 10.5 Å². The first-order valence-electron chi connectivity index (χ1n) is 8.49. The van der Waals surface area contributed by atoms with Gasteiger partial charge in [0.05, 0.1) is 12.1 Å². The number of carbonyl (C=O) groups excluding carboxylic acids is 2. The van der Waals surface area contributed by atoms with Crippen molar-refractivity contribution in [2.75, 3.05) is 13.1 Å². The molecule has 1 aliphatic rings. The predicted octanol–water partition coefficient (Wildman–Crippen LogP) is 2.22. The largest absolute Gasteiger partial charge is 0.444 e. The normalized spacial score (nSPS) is 20.1. The molecule has 1 fully saturated rings. The molecular weight excluding hydrogens is 294 g/mol. The Morgan fingerprint density at radius 1 is 1.22 bits per heavy atom. The van der Waals surface area contributed by atoms with Crippen LogP contribution in [-0.4, -0.2) is 58.6 Å². The molecule has 6 nitrogen and oxygen atoms in total. The number of hydrogen-bond donors (Lipinski definition) is 1. The number of hydrogen-bond acceptors (Lipinski definition) is 4. The van der Waals surface area contributed by atoms with Gasteiger partial charge < -0.3 is 20.3 Å². The van der Waals surface area contributed by atoms with Gasteiger partial charge in [0.15, 0.2) is 0 Å². The summed E-state index contributed by atoms with van der Waals surface area (Å²) in [6, 6.07) is -0.486. The zero-order chi connectivity index (χ0) is 17.9. The zero-order valence-corrected chi connectivity index (χ0v) is 15.6. The highest BCUT2D eigenvalue weighted by Crippen LogP contribution is 2.22. The third-order valence-corrected chi connectivity index (χ3v) is 4.03. The first-order valence-corrected chi connectivity index (χ1v) is 8.49. The average Bonchev–Trinajstić information content (AvgIpc) is 2.83. The van der Waals surface area contributed by atoms with Gasteiger partial charge in [-0.1, -0.05) is 13.8 Å². The Bertz CT molecular complexity index is 429. The quantitative estimate of drug-likeness (QED) is 0.859. The van der Waals surface area contributed by atoms with Crippen LogP contribution in [0.3, 0.4) is 0 Å². The fraction of sp³-hybridized carbons (Fsp3) is 0.882. The van der Waals surface area contributed by atoms with Crippen LogP contribution in [0.4, 0.5) is 4.79 Å². The molecule has 1 rings (SSSR count). The Morgan fingerprint density at radius 2 is 1.78 bits per heavy atom. The van der Waals surface area contributed by atoms with E-state index in [1.54, 1.807) is 9.80 Å². The molecule has 0 aliphatic carbocycles. The molecule has 134 valence electrons. The van der Waals surface area contributed by atoms with E-state index < -0.39 is 11.6 Å². The second kappa shape index (κ2) is 7.51. The fourth-order valence-electron chi connectivity index (χ4n) is 2.76. The first-order chi connectivity index (χ1) is 10.4. The molecule has 0 aromatic heterocycles. The molecule has 0 aromatic rings. The van der Waals surface area contributed by atoms with Gasteiger partial charge in [0.25, 0.3) is 0 Å². The Morgan fingerprint density at radius 3 is 2.22 bits per heavy atom. The molecule has 0 bridgehead atoms. The minimum absolute atomic E-state index is 0.0173.